The van der Waals surface area contributed by atoms with Gasteiger partial charge in [0.2, 0.25) is 5.91 Å². The molecule has 1 atom stereocenters. The summed E-state index contributed by atoms with van der Waals surface area (Å²) in [5, 5.41) is 5.07. The van der Waals surface area contributed by atoms with Crippen LogP contribution in [0.15, 0.2) is 22.7 Å². The number of hydrogen-bond donors (Lipinski definition) is 1. The monoisotopic (exact) mass is 431 g/mol. The number of halogens is 1. The zero-order valence-corrected chi connectivity index (χ0v) is 18.4. The van der Waals surface area contributed by atoms with E-state index < -0.39 is 0 Å². The molecule has 170 valence electrons. The van der Waals surface area contributed by atoms with Crippen LogP contribution in [0.25, 0.3) is 11.0 Å². The fourth-order valence-corrected chi connectivity index (χ4v) is 5.53. The number of carbonyl (C=O) groups is 1. The largest absolute Gasteiger partial charge is 0.384 e. The van der Waals surface area contributed by atoms with Crippen molar-refractivity contribution in [3.8, 4) is 0 Å². The molecule has 2 N–H and O–H groups in total. The van der Waals surface area contributed by atoms with Crippen LogP contribution in [-0.4, -0.2) is 49.3 Å². The fraction of sp³-hybridized carbons (Fsp3) is 0.667. The van der Waals surface area contributed by atoms with Crippen LogP contribution < -0.4 is 5.73 Å². The molecule has 1 aliphatic carbocycles. The highest BCUT2D eigenvalue weighted by Crippen LogP contribution is 2.36. The Morgan fingerprint density at radius 1 is 1.26 bits per heavy atom. The average molecular weight is 432 g/mol. The molecule has 1 unspecified atom stereocenters. The third kappa shape index (κ3) is 5.26. The minimum Gasteiger partial charge on any atom is -0.384 e. The first-order chi connectivity index (χ1) is 15.0. The van der Waals surface area contributed by atoms with Gasteiger partial charge in [-0.3, -0.25) is 4.79 Å². The molecular weight excluding hydrogens is 397 g/mol. The first-order valence-electron chi connectivity index (χ1n) is 11.6. The molecule has 0 radical (unpaired) electrons. The van der Waals surface area contributed by atoms with Crippen LogP contribution in [0.1, 0.15) is 56.6 Å². The molecule has 0 bridgehead atoms. The van der Waals surface area contributed by atoms with E-state index in [9.17, 15) is 9.18 Å². The third-order valence-corrected chi connectivity index (χ3v) is 7.46. The number of hydrogen-bond acceptors (Lipinski definition) is 5. The lowest BCUT2D eigenvalue weighted by atomic mass is 9.74. The molecule has 2 heterocycles. The molecule has 1 aromatic carbocycles. The predicted molar refractivity (Wildman–Crippen MR) is 117 cm³/mol. The molecular formula is C24H34FN3O3. The second kappa shape index (κ2) is 10.1. The Balaban J connectivity index is 1.21. The molecule has 2 aromatic rings. The number of nitrogens with zero attached hydrogens (tertiary/aromatic N) is 2. The van der Waals surface area contributed by atoms with Crippen molar-refractivity contribution in [1.29, 1.82) is 0 Å². The van der Waals surface area contributed by atoms with Gasteiger partial charge in [0.25, 0.3) is 0 Å². The van der Waals surface area contributed by atoms with Crippen LogP contribution in [0.5, 0.6) is 0 Å². The standard InChI is InChI=1S/C24H34FN3O3/c1-30-15-21(24(26)29)17-4-2-16(3-5-17)8-11-28-12-9-18(10-13-28)23-20-14-19(25)6-7-22(20)31-27-23/h6-7,14,16-18,21H,2-5,8-13,15H2,1H3,(H2,26,29). The molecule has 6 nitrogen and oxygen atoms in total. The summed E-state index contributed by atoms with van der Waals surface area (Å²) in [5.41, 5.74) is 7.15. The number of ether oxygens (including phenoxy) is 1. The number of piperidine rings is 1. The molecule has 4 rings (SSSR count). The number of nitrogens with two attached hydrogens (primary N) is 1. The van der Waals surface area contributed by atoms with Crippen molar-refractivity contribution >= 4 is 16.9 Å². The van der Waals surface area contributed by atoms with E-state index in [-0.39, 0.29) is 17.6 Å². The van der Waals surface area contributed by atoms with Gasteiger partial charge in [-0.25, -0.2) is 4.39 Å². The maximum absolute atomic E-state index is 13.6. The number of primary amides is 1. The van der Waals surface area contributed by atoms with Gasteiger partial charge in [-0.05, 0) is 81.8 Å². The molecule has 1 aliphatic heterocycles. The number of likely N-dealkylation sites (tertiary alicyclic amines) is 1. The molecule has 1 amide bonds. The number of rotatable bonds is 8. The van der Waals surface area contributed by atoms with Crippen molar-refractivity contribution in [2.75, 3.05) is 33.4 Å². The van der Waals surface area contributed by atoms with Gasteiger partial charge in [-0.15, -0.1) is 0 Å². The fourth-order valence-electron chi connectivity index (χ4n) is 5.53. The Morgan fingerprint density at radius 3 is 2.68 bits per heavy atom. The number of aromatic nitrogens is 1. The van der Waals surface area contributed by atoms with E-state index in [0.29, 0.717) is 24.0 Å². The first kappa shape index (κ1) is 22.2. The molecule has 0 spiro atoms. The number of benzene rings is 1. The highest BCUT2D eigenvalue weighted by molar-refractivity contribution is 5.80. The lowest BCUT2D eigenvalue weighted by Gasteiger charge is -2.35. The molecule has 2 fully saturated rings. The van der Waals surface area contributed by atoms with Gasteiger partial charge in [-0.1, -0.05) is 18.0 Å². The Labute approximate surface area is 183 Å². The minimum absolute atomic E-state index is 0.147. The van der Waals surface area contributed by atoms with Crippen molar-refractivity contribution in [2.45, 2.75) is 50.9 Å². The molecule has 1 saturated heterocycles. The van der Waals surface area contributed by atoms with Crippen LogP contribution in [0.4, 0.5) is 4.39 Å². The summed E-state index contributed by atoms with van der Waals surface area (Å²) in [5.74, 6) is 0.815. The minimum atomic E-state index is -0.242. The summed E-state index contributed by atoms with van der Waals surface area (Å²) in [4.78, 5) is 14.3. The Morgan fingerprint density at radius 2 is 2.00 bits per heavy atom. The quantitative estimate of drug-likeness (QED) is 0.681. The van der Waals surface area contributed by atoms with Crippen molar-refractivity contribution < 1.29 is 18.4 Å². The second-order valence-corrected chi connectivity index (χ2v) is 9.36. The molecule has 31 heavy (non-hydrogen) atoms. The van der Waals surface area contributed by atoms with Gasteiger partial charge in [0.15, 0.2) is 5.58 Å². The van der Waals surface area contributed by atoms with E-state index in [0.717, 1.165) is 62.3 Å². The van der Waals surface area contributed by atoms with Crippen molar-refractivity contribution in [2.24, 2.45) is 23.5 Å². The molecule has 1 aromatic heterocycles. The summed E-state index contributed by atoms with van der Waals surface area (Å²) < 4.78 is 24.2. The summed E-state index contributed by atoms with van der Waals surface area (Å²) in [7, 11) is 1.63. The van der Waals surface area contributed by atoms with Crippen LogP contribution in [-0.2, 0) is 9.53 Å². The molecule has 2 aliphatic rings. The van der Waals surface area contributed by atoms with Gasteiger partial charge in [-0.2, -0.15) is 0 Å². The zero-order chi connectivity index (χ0) is 21.8. The van der Waals surface area contributed by atoms with Gasteiger partial charge in [0, 0.05) is 18.4 Å². The summed E-state index contributed by atoms with van der Waals surface area (Å²) in [6.07, 6.45) is 7.75. The van der Waals surface area contributed by atoms with Crippen molar-refractivity contribution in [3.63, 3.8) is 0 Å². The van der Waals surface area contributed by atoms with Crippen molar-refractivity contribution in [1.82, 2.24) is 10.1 Å². The molecule has 1 saturated carbocycles. The van der Waals surface area contributed by atoms with E-state index in [2.05, 4.69) is 10.1 Å². The maximum Gasteiger partial charge on any atom is 0.223 e. The lowest BCUT2D eigenvalue weighted by molar-refractivity contribution is -0.126. The van der Waals surface area contributed by atoms with E-state index in [4.69, 9.17) is 15.0 Å². The van der Waals surface area contributed by atoms with Gasteiger partial charge in [0.05, 0.1) is 18.2 Å². The Hall–Kier alpha value is -1.99. The van der Waals surface area contributed by atoms with Crippen LogP contribution in [0.3, 0.4) is 0 Å². The lowest BCUT2D eigenvalue weighted by Crippen LogP contribution is -2.37. The van der Waals surface area contributed by atoms with Crippen LogP contribution >= 0.6 is 0 Å². The summed E-state index contributed by atoms with van der Waals surface area (Å²) >= 11 is 0. The van der Waals surface area contributed by atoms with Crippen LogP contribution in [0, 0.1) is 23.6 Å². The van der Waals surface area contributed by atoms with Crippen molar-refractivity contribution in [3.05, 3.63) is 29.7 Å². The second-order valence-electron chi connectivity index (χ2n) is 9.36. The van der Waals surface area contributed by atoms with E-state index >= 15 is 0 Å². The number of amides is 1. The van der Waals surface area contributed by atoms with E-state index in [1.165, 1.54) is 25.3 Å². The van der Waals surface area contributed by atoms with E-state index in [1.807, 2.05) is 0 Å². The number of methoxy groups -OCH3 is 1. The first-order valence-corrected chi connectivity index (χ1v) is 11.6. The van der Waals surface area contributed by atoms with E-state index in [1.54, 1.807) is 19.2 Å². The smallest absolute Gasteiger partial charge is 0.223 e. The zero-order valence-electron chi connectivity index (χ0n) is 18.4. The van der Waals surface area contributed by atoms with Crippen LogP contribution in [0.2, 0.25) is 0 Å². The normalized spacial score (nSPS) is 24.5. The van der Waals surface area contributed by atoms with Gasteiger partial charge < -0.3 is 19.9 Å². The molecule has 7 heteroatoms. The third-order valence-electron chi connectivity index (χ3n) is 7.46. The van der Waals surface area contributed by atoms with Gasteiger partial charge >= 0.3 is 0 Å². The summed E-state index contributed by atoms with van der Waals surface area (Å²) in [6, 6.07) is 4.62. The highest BCUT2D eigenvalue weighted by atomic mass is 19.1. The van der Waals surface area contributed by atoms with Gasteiger partial charge in [0.1, 0.15) is 5.82 Å². The summed E-state index contributed by atoms with van der Waals surface area (Å²) in [6.45, 7) is 3.64. The average Bonchev–Trinajstić information content (AvgIpc) is 3.19. The Bertz CT molecular complexity index is 870. The predicted octanol–water partition coefficient (Wildman–Crippen LogP) is 4.09. The maximum atomic E-state index is 13.6. The SMILES string of the molecule is COCC(C(N)=O)C1CCC(CCN2CCC(c3noc4ccc(F)cc34)CC2)CC1. The Kier molecular flexibility index (Phi) is 7.23. The highest BCUT2D eigenvalue weighted by Gasteiger charge is 2.31. The number of carbonyl (C=O) groups excluding carboxylic acids is 1. The topological polar surface area (TPSA) is 81.6 Å². The number of fused-ring (bicyclic) bond motifs is 1.